The molecule has 0 saturated heterocycles. The van der Waals surface area contributed by atoms with Crippen molar-refractivity contribution in [2.45, 2.75) is 24.9 Å². The van der Waals surface area contributed by atoms with Crippen molar-refractivity contribution in [3.63, 3.8) is 0 Å². The Balaban J connectivity index is 0.00000450. The molecule has 0 aliphatic carbocycles. The number of nitrogens with one attached hydrogen (secondary N) is 1. The number of hydrogen-bond acceptors (Lipinski definition) is 5. The van der Waals surface area contributed by atoms with Crippen LogP contribution in [0.3, 0.4) is 0 Å². The molecule has 0 heterocycles. The largest absolute Gasteiger partial charge is 0.497 e. The third-order valence-electron chi connectivity index (χ3n) is 4.24. The Labute approximate surface area is 195 Å². The second-order valence-electron chi connectivity index (χ2n) is 6.40. The van der Waals surface area contributed by atoms with Crippen molar-refractivity contribution >= 4 is 40.0 Å². The van der Waals surface area contributed by atoms with Crippen molar-refractivity contribution in [1.29, 1.82) is 0 Å². The van der Waals surface area contributed by atoms with Crippen LogP contribution >= 0.6 is 24.0 Å². The molecule has 8 nitrogen and oxygen atoms in total. The number of aliphatic imine (C=N–C) groups is 1. The first kappa shape index (κ1) is 26.0. The summed E-state index contributed by atoms with van der Waals surface area (Å²) in [7, 11) is 1.41. The molecule has 0 saturated carbocycles. The lowest BCUT2D eigenvalue weighted by Crippen LogP contribution is -2.38. The lowest BCUT2D eigenvalue weighted by Gasteiger charge is -2.23. The summed E-state index contributed by atoms with van der Waals surface area (Å²) in [4.78, 5) is 6.67. The van der Waals surface area contributed by atoms with Gasteiger partial charge in [0, 0.05) is 31.8 Å². The molecule has 0 bridgehead atoms. The molecule has 0 aliphatic rings. The Kier molecular flexibility index (Phi) is 10.4. The number of halogens is 1. The van der Waals surface area contributed by atoms with Gasteiger partial charge in [0.1, 0.15) is 11.5 Å². The number of guanidine groups is 1. The van der Waals surface area contributed by atoms with E-state index in [1.807, 2.05) is 43.1 Å². The molecule has 0 spiro atoms. The first-order valence-electron chi connectivity index (χ1n) is 9.10. The molecule has 166 valence electrons. The number of methoxy groups -OCH3 is 2. The van der Waals surface area contributed by atoms with E-state index in [1.165, 1.54) is 12.1 Å². The standard InChI is InChI=1S/C20H28N4O4S.HI/c1-5-22-20(23-13-15-7-6-8-18(11-15)29(21,25)26)24(2)14-16-9-10-17(27-3)12-19(16)28-4;/h6-12H,5,13-14H2,1-4H3,(H,22,23)(H2,21,25,26);1H. The molecular weight excluding hydrogens is 519 g/mol. The average Bonchev–Trinajstić information content (AvgIpc) is 2.70. The van der Waals surface area contributed by atoms with Gasteiger partial charge >= 0.3 is 0 Å². The van der Waals surface area contributed by atoms with E-state index in [2.05, 4.69) is 10.3 Å². The van der Waals surface area contributed by atoms with E-state index in [4.69, 9.17) is 14.6 Å². The van der Waals surface area contributed by atoms with E-state index in [0.29, 0.717) is 25.6 Å². The number of sulfonamides is 1. The first-order valence-corrected chi connectivity index (χ1v) is 10.6. The first-order chi connectivity index (χ1) is 13.8. The van der Waals surface area contributed by atoms with Gasteiger partial charge in [0.2, 0.25) is 10.0 Å². The average molecular weight is 548 g/mol. The summed E-state index contributed by atoms with van der Waals surface area (Å²) in [6.45, 7) is 3.56. The van der Waals surface area contributed by atoms with Crippen molar-refractivity contribution in [1.82, 2.24) is 10.2 Å². The maximum Gasteiger partial charge on any atom is 0.238 e. The van der Waals surface area contributed by atoms with E-state index in [-0.39, 0.29) is 28.9 Å². The van der Waals surface area contributed by atoms with Gasteiger partial charge in [-0.15, -0.1) is 24.0 Å². The monoisotopic (exact) mass is 548 g/mol. The van der Waals surface area contributed by atoms with Gasteiger partial charge in [0.15, 0.2) is 5.96 Å². The molecule has 0 unspecified atom stereocenters. The summed E-state index contributed by atoms with van der Waals surface area (Å²) in [5.41, 5.74) is 1.74. The summed E-state index contributed by atoms with van der Waals surface area (Å²) in [5, 5.41) is 8.45. The van der Waals surface area contributed by atoms with Gasteiger partial charge in [-0.25, -0.2) is 18.5 Å². The maximum absolute atomic E-state index is 11.5. The van der Waals surface area contributed by atoms with Gasteiger partial charge in [0.25, 0.3) is 0 Å². The Morgan fingerprint density at radius 1 is 1.17 bits per heavy atom. The van der Waals surface area contributed by atoms with Crippen LogP contribution in [0.1, 0.15) is 18.1 Å². The Morgan fingerprint density at radius 2 is 1.90 bits per heavy atom. The van der Waals surface area contributed by atoms with E-state index in [0.717, 1.165) is 22.6 Å². The van der Waals surface area contributed by atoms with Crippen molar-refractivity contribution < 1.29 is 17.9 Å². The van der Waals surface area contributed by atoms with Crippen LogP contribution in [0.25, 0.3) is 0 Å². The highest BCUT2D eigenvalue weighted by Gasteiger charge is 2.12. The number of rotatable bonds is 8. The van der Waals surface area contributed by atoms with Gasteiger partial charge in [-0.3, -0.25) is 0 Å². The normalized spacial score (nSPS) is 11.4. The maximum atomic E-state index is 11.5. The molecule has 30 heavy (non-hydrogen) atoms. The zero-order valence-corrected chi connectivity index (χ0v) is 20.7. The fraction of sp³-hybridized carbons (Fsp3) is 0.350. The third kappa shape index (κ3) is 7.33. The Morgan fingerprint density at radius 3 is 2.50 bits per heavy atom. The van der Waals surface area contributed by atoms with E-state index in [9.17, 15) is 8.42 Å². The van der Waals surface area contributed by atoms with Crippen molar-refractivity contribution in [2.24, 2.45) is 10.1 Å². The van der Waals surface area contributed by atoms with Crippen LogP contribution in [0.2, 0.25) is 0 Å². The number of hydrogen-bond donors (Lipinski definition) is 2. The zero-order valence-electron chi connectivity index (χ0n) is 17.6. The predicted molar refractivity (Wildman–Crippen MR) is 129 cm³/mol. The second-order valence-corrected chi connectivity index (χ2v) is 7.96. The molecule has 3 N–H and O–H groups in total. The smallest absolute Gasteiger partial charge is 0.238 e. The van der Waals surface area contributed by atoms with Crippen LogP contribution in [0.5, 0.6) is 11.5 Å². The summed E-state index contributed by atoms with van der Waals surface area (Å²) in [5.74, 6) is 2.14. The predicted octanol–water partition coefficient (Wildman–Crippen LogP) is 2.57. The lowest BCUT2D eigenvalue weighted by atomic mass is 10.2. The Hall–Kier alpha value is -2.05. The topological polar surface area (TPSA) is 106 Å². The molecule has 0 amide bonds. The molecule has 2 aromatic rings. The summed E-state index contributed by atoms with van der Waals surface area (Å²) >= 11 is 0. The summed E-state index contributed by atoms with van der Waals surface area (Å²) in [6.07, 6.45) is 0. The second kappa shape index (κ2) is 12.0. The van der Waals surface area contributed by atoms with Gasteiger partial charge < -0.3 is 19.7 Å². The highest BCUT2D eigenvalue weighted by molar-refractivity contribution is 14.0. The van der Waals surface area contributed by atoms with Crippen LogP contribution < -0.4 is 19.9 Å². The molecular formula is C20H29IN4O4S. The molecule has 2 aromatic carbocycles. The quantitative estimate of drug-likeness (QED) is 0.299. The fourth-order valence-corrected chi connectivity index (χ4v) is 3.35. The number of benzene rings is 2. The minimum Gasteiger partial charge on any atom is -0.497 e. The van der Waals surface area contributed by atoms with Crippen molar-refractivity contribution in [3.05, 3.63) is 53.6 Å². The van der Waals surface area contributed by atoms with Crippen LogP contribution in [-0.4, -0.2) is 47.1 Å². The van der Waals surface area contributed by atoms with Gasteiger partial charge in [-0.1, -0.05) is 12.1 Å². The van der Waals surface area contributed by atoms with Crippen LogP contribution in [-0.2, 0) is 23.1 Å². The van der Waals surface area contributed by atoms with Crippen LogP contribution in [0.4, 0.5) is 0 Å². The number of nitrogens with zero attached hydrogens (tertiary/aromatic N) is 2. The van der Waals surface area contributed by atoms with Crippen LogP contribution in [0, 0.1) is 0 Å². The molecule has 10 heteroatoms. The van der Waals surface area contributed by atoms with E-state index < -0.39 is 10.0 Å². The minimum atomic E-state index is -3.74. The molecule has 0 aromatic heterocycles. The number of nitrogens with two attached hydrogens (primary N) is 1. The Bertz CT molecular complexity index is 967. The lowest BCUT2D eigenvalue weighted by molar-refractivity contribution is 0.382. The molecule has 2 rings (SSSR count). The van der Waals surface area contributed by atoms with Gasteiger partial charge in [-0.2, -0.15) is 0 Å². The highest BCUT2D eigenvalue weighted by Crippen LogP contribution is 2.25. The van der Waals surface area contributed by atoms with Crippen LogP contribution in [0.15, 0.2) is 52.4 Å². The molecule has 0 aliphatic heterocycles. The van der Waals surface area contributed by atoms with E-state index >= 15 is 0 Å². The van der Waals surface area contributed by atoms with Crippen molar-refractivity contribution in [2.75, 3.05) is 27.8 Å². The highest BCUT2D eigenvalue weighted by atomic mass is 127. The van der Waals surface area contributed by atoms with Crippen molar-refractivity contribution in [3.8, 4) is 11.5 Å². The van der Waals surface area contributed by atoms with Gasteiger partial charge in [-0.05, 0) is 36.8 Å². The minimum absolute atomic E-state index is 0. The molecule has 0 radical (unpaired) electrons. The fourth-order valence-electron chi connectivity index (χ4n) is 2.77. The summed E-state index contributed by atoms with van der Waals surface area (Å²) < 4.78 is 33.8. The summed E-state index contributed by atoms with van der Waals surface area (Å²) in [6, 6.07) is 12.1. The van der Waals surface area contributed by atoms with Gasteiger partial charge in [0.05, 0.1) is 25.7 Å². The SMILES string of the molecule is CCNC(=NCc1cccc(S(N)(=O)=O)c1)N(C)Cc1ccc(OC)cc1OC.I. The molecule has 0 fully saturated rings. The number of ether oxygens (including phenoxy) is 2. The molecule has 0 atom stereocenters. The zero-order chi connectivity index (χ0) is 21.4. The number of primary sulfonamides is 1. The van der Waals surface area contributed by atoms with E-state index in [1.54, 1.807) is 20.3 Å². The third-order valence-corrected chi connectivity index (χ3v) is 5.15.